The molecule has 0 unspecified atom stereocenters. The highest BCUT2D eigenvalue weighted by atomic mass is 16.7. The lowest BCUT2D eigenvalue weighted by molar-refractivity contribution is -0.251. The van der Waals surface area contributed by atoms with E-state index in [4.69, 9.17) is 18.9 Å². The van der Waals surface area contributed by atoms with Gasteiger partial charge in [0.2, 0.25) is 0 Å². The molecule has 0 aliphatic carbocycles. The molecule has 0 spiro atoms. The van der Waals surface area contributed by atoms with E-state index in [1.54, 1.807) is 0 Å². The highest BCUT2D eigenvalue weighted by molar-refractivity contribution is 5.69. The highest BCUT2D eigenvalue weighted by Crippen LogP contribution is 2.32. The average molecular weight is 370 g/mol. The first kappa shape index (κ1) is 19.5. The van der Waals surface area contributed by atoms with Crippen LogP contribution in [0.3, 0.4) is 0 Å². The van der Waals surface area contributed by atoms with Crippen LogP contribution in [-0.4, -0.2) is 31.9 Å². The first-order valence-corrected chi connectivity index (χ1v) is 9.29. The van der Waals surface area contributed by atoms with Gasteiger partial charge in [-0.1, -0.05) is 60.7 Å². The third-order valence-corrected chi connectivity index (χ3v) is 4.55. The monoisotopic (exact) mass is 370 g/mol. The normalized spacial score (nSPS) is 22.3. The second-order valence-electron chi connectivity index (χ2n) is 6.60. The van der Waals surface area contributed by atoms with Gasteiger partial charge in [-0.15, -0.1) is 0 Å². The molecule has 3 rings (SSSR count). The number of methoxy groups -OCH3 is 1. The van der Waals surface area contributed by atoms with Crippen molar-refractivity contribution in [2.45, 2.75) is 44.4 Å². The molecule has 2 aromatic carbocycles. The van der Waals surface area contributed by atoms with E-state index in [0.717, 1.165) is 17.5 Å². The summed E-state index contributed by atoms with van der Waals surface area (Å²) < 4.78 is 22.7. The summed E-state index contributed by atoms with van der Waals surface area (Å²) in [5.74, 6) is -0.271. The summed E-state index contributed by atoms with van der Waals surface area (Å²) in [5, 5.41) is 0. The van der Waals surface area contributed by atoms with Gasteiger partial charge >= 0.3 is 5.97 Å². The first-order valence-electron chi connectivity index (χ1n) is 9.29. The van der Waals surface area contributed by atoms with Crippen molar-refractivity contribution in [3.63, 3.8) is 0 Å². The predicted octanol–water partition coefficient (Wildman–Crippen LogP) is 4.03. The third kappa shape index (κ3) is 6.17. The molecule has 5 heteroatoms. The minimum absolute atomic E-state index is 0.0330. The summed E-state index contributed by atoms with van der Waals surface area (Å²) in [6.45, 7) is 1.17. The molecule has 1 aliphatic heterocycles. The molecule has 3 atom stereocenters. The Bertz CT molecular complexity index is 688. The summed E-state index contributed by atoms with van der Waals surface area (Å²) in [6, 6.07) is 19.9. The smallest absolute Gasteiger partial charge is 0.308 e. The fraction of sp³-hybridized carbons (Fsp3) is 0.409. The van der Waals surface area contributed by atoms with E-state index in [1.165, 1.54) is 7.11 Å². The van der Waals surface area contributed by atoms with E-state index in [-0.39, 0.29) is 24.6 Å². The first-order chi connectivity index (χ1) is 13.2. The van der Waals surface area contributed by atoms with Gasteiger partial charge in [0, 0.05) is 18.6 Å². The zero-order valence-corrected chi connectivity index (χ0v) is 15.6. The molecule has 1 aliphatic rings. The maximum absolute atomic E-state index is 11.7. The zero-order chi connectivity index (χ0) is 18.9. The molecule has 27 heavy (non-hydrogen) atoms. The molecule has 0 amide bonds. The Morgan fingerprint density at radius 3 is 2.37 bits per heavy atom. The van der Waals surface area contributed by atoms with Gasteiger partial charge in [-0.2, -0.15) is 0 Å². The molecule has 144 valence electrons. The Kier molecular flexibility index (Phi) is 7.39. The summed E-state index contributed by atoms with van der Waals surface area (Å²) >= 11 is 0. The summed E-state index contributed by atoms with van der Waals surface area (Å²) in [4.78, 5) is 11.7. The number of hydrogen-bond donors (Lipinski definition) is 0. The number of ether oxygens (including phenoxy) is 4. The fourth-order valence-corrected chi connectivity index (χ4v) is 3.12. The second-order valence-corrected chi connectivity index (χ2v) is 6.60. The van der Waals surface area contributed by atoms with Crippen molar-refractivity contribution in [2.75, 3.05) is 13.7 Å². The molecular formula is C22H26O5. The second kappa shape index (κ2) is 10.2. The van der Waals surface area contributed by atoms with Gasteiger partial charge in [-0.3, -0.25) is 4.79 Å². The average Bonchev–Trinajstić information content (AvgIpc) is 2.72. The quantitative estimate of drug-likeness (QED) is 0.519. The number of benzene rings is 2. The zero-order valence-electron chi connectivity index (χ0n) is 15.6. The molecule has 2 aromatic rings. The van der Waals surface area contributed by atoms with E-state index in [9.17, 15) is 4.79 Å². The molecule has 0 aromatic heterocycles. The maximum Gasteiger partial charge on any atom is 0.308 e. The fourth-order valence-electron chi connectivity index (χ4n) is 3.12. The van der Waals surface area contributed by atoms with Gasteiger partial charge < -0.3 is 18.9 Å². The highest BCUT2D eigenvalue weighted by Gasteiger charge is 2.32. The summed E-state index contributed by atoms with van der Waals surface area (Å²) in [5.41, 5.74) is 2.10. The van der Waals surface area contributed by atoms with E-state index in [2.05, 4.69) is 0 Å². The van der Waals surface area contributed by atoms with Crippen LogP contribution in [0.2, 0.25) is 0 Å². The number of rotatable bonds is 8. The van der Waals surface area contributed by atoms with Gasteiger partial charge in [0.15, 0.2) is 6.29 Å². The number of carbonyl (C=O) groups is 1. The van der Waals surface area contributed by atoms with Crippen LogP contribution in [0.1, 0.15) is 36.7 Å². The Balaban J connectivity index is 1.54. The van der Waals surface area contributed by atoms with Crippen LogP contribution in [0.4, 0.5) is 0 Å². The van der Waals surface area contributed by atoms with Crippen molar-refractivity contribution in [3.05, 3.63) is 71.8 Å². The molecule has 1 fully saturated rings. The summed E-state index contributed by atoms with van der Waals surface area (Å²) in [6.07, 6.45) is 0.883. The molecule has 1 saturated heterocycles. The molecule has 5 nitrogen and oxygen atoms in total. The van der Waals surface area contributed by atoms with Crippen molar-refractivity contribution in [1.29, 1.82) is 0 Å². The Labute approximate surface area is 160 Å². The van der Waals surface area contributed by atoms with E-state index >= 15 is 0 Å². The largest absolute Gasteiger partial charge is 0.469 e. The van der Waals surface area contributed by atoms with Crippen LogP contribution in [0.15, 0.2) is 60.7 Å². The van der Waals surface area contributed by atoms with Gasteiger partial charge in [-0.05, 0) is 12.0 Å². The topological polar surface area (TPSA) is 54.0 Å². The van der Waals surface area contributed by atoms with Crippen LogP contribution in [-0.2, 0) is 30.3 Å². The van der Waals surface area contributed by atoms with Crippen LogP contribution >= 0.6 is 0 Å². The Morgan fingerprint density at radius 2 is 1.67 bits per heavy atom. The van der Waals surface area contributed by atoms with Gasteiger partial charge in [0.05, 0.1) is 32.3 Å². The lowest BCUT2D eigenvalue weighted by Gasteiger charge is -2.35. The molecule has 1 heterocycles. The standard InChI is InChI=1S/C22H26O5/c1-24-21(23)15-20-14-19(12-13-25-16-17-8-4-2-5-9-17)26-22(27-20)18-10-6-3-7-11-18/h2-11,19-20,22H,12-16H2,1H3/t19-,20-,22-/m0/s1. The molecule has 0 N–H and O–H groups in total. The number of carbonyl (C=O) groups excluding carboxylic acids is 1. The van der Waals surface area contributed by atoms with Crippen LogP contribution < -0.4 is 0 Å². The molecule has 0 radical (unpaired) electrons. The van der Waals surface area contributed by atoms with Gasteiger partial charge in [0.25, 0.3) is 0 Å². The van der Waals surface area contributed by atoms with Gasteiger partial charge in [0.1, 0.15) is 0 Å². The minimum atomic E-state index is -0.478. The van der Waals surface area contributed by atoms with Crippen LogP contribution in [0.25, 0.3) is 0 Å². The van der Waals surface area contributed by atoms with E-state index < -0.39 is 6.29 Å². The third-order valence-electron chi connectivity index (χ3n) is 4.55. The molecule has 0 saturated carbocycles. The number of hydrogen-bond acceptors (Lipinski definition) is 5. The Hall–Kier alpha value is -2.21. The van der Waals surface area contributed by atoms with Crippen molar-refractivity contribution < 1.29 is 23.7 Å². The minimum Gasteiger partial charge on any atom is -0.469 e. The predicted molar refractivity (Wildman–Crippen MR) is 101 cm³/mol. The lowest BCUT2D eigenvalue weighted by atomic mass is 10.0. The van der Waals surface area contributed by atoms with E-state index in [1.807, 2.05) is 60.7 Å². The SMILES string of the molecule is COC(=O)C[C@@H]1C[C@H](CCOCc2ccccc2)O[C@H](c2ccccc2)O1. The lowest BCUT2D eigenvalue weighted by Crippen LogP contribution is -2.35. The van der Waals surface area contributed by atoms with Crippen LogP contribution in [0, 0.1) is 0 Å². The Morgan fingerprint density at radius 1 is 1.00 bits per heavy atom. The van der Waals surface area contributed by atoms with Crippen LogP contribution in [0.5, 0.6) is 0 Å². The van der Waals surface area contributed by atoms with Crippen molar-refractivity contribution in [1.82, 2.24) is 0 Å². The van der Waals surface area contributed by atoms with Crippen molar-refractivity contribution >= 4 is 5.97 Å². The number of esters is 1. The van der Waals surface area contributed by atoms with Gasteiger partial charge in [-0.25, -0.2) is 0 Å². The molecule has 0 bridgehead atoms. The van der Waals surface area contributed by atoms with Crippen molar-refractivity contribution in [2.24, 2.45) is 0 Å². The van der Waals surface area contributed by atoms with Crippen molar-refractivity contribution in [3.8, 4) is 0 Å². The maximum atomic E-state index is 11.7. The molecular weight excluding hydrogens is 344 g/mol. The summed E-state index contributed by atoms with van der Waals surface area (Å²) in [7, 11) is 1.39. The van der Waals surface area contributed by atoms with E-state index in [0.29, 0.717) is 19.6 Å².